The molecule has 0 bridgehead atoms. The molecular weight excluding hydrogens is 503 g/mol. The molecule has 0 fully saturated rings. The predicted molar refractivity (Wildman–Crippen MR) is 152 cm³/mol. The van der Waals surface area contributed by atoms with Gasteiger partial charge in [-0.25, -0.2) is 0 Å². The number of Topliss-reactive ketones (excluding diaryl/α,β-unsaturated/α-hetero) is 1. The lowest BCUT2D eigenvalue weighted by Crippen LogP contribution is -2.30. The Labute approximate surface area is 228 Å². The average Bonchev–Trinajstić information content (AvgIpc) is 2.95. The van der Waals surface area contributed by atoms with Crippen molar-refractivity contribution in [2.24, 2.45) is 0 Å². The van der Waals surface area contributed by atoms with Crippen LogP contribution in [0.15, 0.2) is 115 Å². The number of rotatable bonds is 13. The fourth-order valence-electron chi connectivity index (χ4n) is 4.52. The maximum absolute atomic E-state index is 12.2. The Kier molecular flexibility index (Phi) is 10.00. The predicted octanol–water partition coefficient (Wildman–Crippen LogP) is 7.00. The maximum Gasteiger partial charge on any atom is 0.648 e. The Balaban J connectivity index is 1.38. The maximum atomic E-state index is 12.2. The van der Waals surface area contributed by atoms with E-state index in [9.17, 15) is 9.82 Å². The molecule has 0 radical (unpaired) electrons. The van der Waals surface area contributed by atoms with Gasteiger partial charge in [0.25, 0.3) is 0 Å². The molecule has 0 aliphatic carbocycles. The Bertz CT molecular complexity index is 1140. The standard InChI is InChI=1S/C30H28BClO4S/c32-28-19-17-24(18-20-28)29(33)23-37-36-31(34)35-22-10-21-30(25-11-4-1-5-12-25,26-13-6-2-7-14-26)27-15-8-3-9-16-27/h1-9,11-20,34H,10,21-23H2. The molecule has 0 spiro atoms. The molecular formula is C30H28BClO4S. The van der Waals surface area contributed by atoms with E-state index in [1.165, 1.54) is 16.7 Å². The minimum Gasteiger partial charge on any atom is -0.401 e. The first kappa shape index (κ1) is 27.2. The summed E-state index contributed by atoms with van der Waals surface area (Å²) in [4.78, 5) is 12.2. The minimum atomic E-state index is -1.43. The van der Waals surface area contributed by atoms with Crippen LogP contribution in [0.25, 0.3) is 0 Å². The van der Waals surface area contributed by atoms with Gasteiger partial charge >= 0.3 is 7.32 Å². The molecule has 0 unspecified atom stereocenters. The first-order valence-electron chi connectivity index (χ1n) is 12.1. The van der Waals surface area contributed by atoms with E-state index in [1.54, 1.807) is 24.3 Å². The lowest BCUT2D eigenvalue weighted by atomic mass is 9.67. The van der Waals surface area contributed by atoms with Gasteiger partial charge in [-0.3, -0.25) is 4.79 Å². The van der Waals surface area contributed by atoms with Crippen LogP contribution in [0.4, 0.5) is 0 Å². The molecule has 0 amide bonds. The van der Waals surface area contributed by atoms with E-state index in [4.69, 9.17) is 20.4 Å². The molecule has 0 atom stereocenters. The summed E-state index contributed by atoms with van der Waals surface area (Å²) in [5.41, 5.74) is 3.75. The monoisotopic (exact) mass is 530 g/mol. The molecule has 4 aromatic rings. The van der Waals surface area contributed by atoms with E-state index in [0.29, 0.717) is 23.6 Å². The second-order valence-electron chi connectivity index (χ2n) is 8.57. The lowest BCUT2D eigenvalue weighted by molar-refractivity contribution is 0.102. The second kappa shape index (κ2) is 13.6. The minimum absolute atomic E-state index is 0.0567. The number of hydrogen-bond donors (Lipinski definition) is 1. The summed E-state index contributed by atoms with van der Waals surface area (Å²) in [6, 6.07) is 38.1. The van der Waals surface area contributed by atoms with Crippen molar-refractivity contribution in [3.8, 4) is 0 Å². The van der Waals surface area contributed by atoms with Crippen molar-refractivity contribution < 1.29 is 18.6 Å². The molecule has 188 valence electrons. The molecule has 4 rings (SSSR count). The van der Waals surface area contributed by atoms with Crippen molar-refractivity contribution in [3.63, 3.8) is 0 Å². The highest BCUT2D eigenvalue weighted by molar-refractivity contribution is 7.96. The fraction of sp³-hybridized carbons (Fsp3) is 0.167. The van der Waals surface area contributed by atoms with Gasteiger partial charge in [-0.05, 0) is 65.8 Å². The van der Waals surface area contributed by atoms with Gasteiger partial charge in [0.1, 0.15) is 0 Å². The zero-order valence-corrected chi connectivity index (χ0v) is 21.9. The molecule has 0 aromatic heterocycles. The summed E-state index contributed by atoms with van der Waals surface area (Å²) in [7, 11) is -1.43. The summed E-state index contributed by atoms with van der Waals surface area (Å²) in [6.45, 7) is 0.293. The number of ketones is 1. The Hall–Kier alpha value is -2.87. The van der Waals surface area contributed by atoms with Gasteiger partial charge < -0.3 is 13.8 Å². The highest BCUT2D eigenvalue weighted by atomic mass is 35.5. The number of halogens is 1. The average molecular weight is 531 g/mol. The summed E-state index contributed by atoms with van der Waals surface area (Å²) < 4.78 is 10.8. The van der Waals surface area contributed by atoms with Crippen LogP contribution in [0.5, 0.6) is 0 Å². The lowest BCUT2D eigenvalue weighted by Gasteiger charge is -2.36. The third-order valence-corrected chi connectivity index (χ3v) is 7.20. The summed E-state index contributed by atoms with van der Waals surface area (Å²) in [5.74, 6) is -0.0616. The Morgan fingerprint density at radius 1 is 0.784 bits per heavy atom. The fourth-order valence-corrected chi connectivity index (χ4v) is 5.15. The summed E-state index contributed by atoms with van der Waals surface area (Å²) in [5, 5.41) is 10.7. The van der Waals surface area contributed by atoms with E-state index >= 15 is 0 Å². The zero-order chi connectivity index (χ0) is 25.9. The Morgan fingerprint density at radius 2 is 1.27 bits per heavy atom. The summed E-state index contributed by atoms with van der Waals surface area (Å²) in [6.07, 6.45) is 1.44. The number of hydrogen-bond acceptors (Lipinski definition) is 5. The third kappa shape index (κ3) is 7.13. The van der Waals surface area contributed by atoms with E-state index in [0.717, 1.165) is 18.5 Å². The van der Waals surface area contributed by atoms with E-state index in [2.05, 4.69) is 72.8 Å². The molecule has 0 aliphatic heterocycles. The van der Waals surface area contributed by atoms with Crippen LogP contribution >= 0.6 is 23.6 Å². The smallest absolute Gasteiger partial charge is 0.401 e. The molecule has 37 heavy (non-hydrogen) atoms. The van der Waals surface area contributed by atoms with Crippen molar-refractivity contribution in [1.29, 1.82) is 0 Å². The van der Waals surface area contributed by atoms with Gasteiger partial charge in [-0.2, -0.15) is 0 Å². The molecule has 1 N–H and O–H groups in total. The SMILES string of the molecule is O=C(CSOB(O)OCCCC(c1ccccc1)(c1ccccc1)c1ccccc1)c1ccc(Cl)cc1. The van der Waals surface area contributed by atoms with Crippen LogP contribution < -0.4 is 0 Å². The van der Waals surface area contributed by atoms with Gasteiger partial charge in [-0.1, -0.05) is 103 Å². The first-order valence-corrected chi connectivity index (χ1v) is 13.4. The van der Waals surface area contributed by atoms with Crippen LogP contribution in [0.1, 0.15) is 39.9 Å². The number of carbonyl (C=O) groups excluding carboxylic acids is 1. The number of carbonyl (C=O) groups is 1. The largest absolute Gasteiger partial charge is 0.648 e. The van der Waals surface area contributed by atoms with Gasteiger partial charge in [0.05, 0.1) is 5.75 Å². The molecule has 4 nitrogen and oxygen atoms in total. The molecule has 4 aromatic carbocycles. The van der Waals surface area contributed by atoms with Gasteiger partial charge in [-0.15, -0.1) is 0 Å². The topological polar surface area (TPSA) is 55.8 Å². The van der Waals surface area contributed by atoms with E-state index in [-0.39, 0.29) is 17.0 Å². The molecule has 0 aliphatic rings. The number of benzene rings is 4. The van der Waals surface area contributed by atoms with E-state index in [1.807, 2.05) is 18.2 Å². The highest BCUT2D eigenvalue weighted by Crippen LogP contribution is 2.43. The second-order valence-corrected chi connectivity index (χ2v) is 9.73. The van der Waals surface area contributed by atoms with Crippen LogP contribution in [-0.2, 0) is 14.2 Å². The van der Waals surface area contributed by atoms with Crippen LogP contribution in [0, 0.1) is 0 Å². The summed E-state index contributed by atoms with van der Waals surface area (Å²) >= 11 is 6.73. The van der Waals surface area contributed by atoms with E-state index < -0.39 is 7.32 Å². The zero-order valence-electron chi connectivity index (χ0n) is 20.3. The highest BCUT2D eigenvalue weighted by Gasteiger charge is 2.35. The normalized spacial score (nSPS) is 11.3. The van der Waals surface area contributed by atoms with Crippen molar-refractivity contribution in [3.05, 3.63) is 143 Å². The van der Waals surface area contributed by atoms with Crippen LogP contribution in [-0.4, -0.2) is 30.5 Å². The molecule has 7 heteroatoms. The van der Waals surface area contributed by atoms with Crippen molar-refractivity contribution in [2.45, 2.75) is 18.3 Å². The van der Waals surface area contributed by atoms with Gasteiger partial charge in [0, 0.05) is 22.6 Å². The third-order valence-electron chi connectivity index (χ3n) is 6.26. The van der Waals surface area contributed by atoms with Crippen molar-refractivity contribution in [1.82, 2.24) is 0 Å². The van der Waals surface area contributed by atoms with Crippen LogP contribution in [0.2, 0.25) is 5.02 Å². The van der Waals surface area contributed by atoms with Gasteiger partial charge in [0.15, 0.2) is 5.78 Å². The Morgan fingerprint density at radius 3 is 1.76 bits per heavy atom. The quantitative estimate of drug-likeness (QED) is 0.0663. The molecule has 0 heterocycles. The first-order chi connectivity index (χ1) is 18.1. The van der Waals surface area contributed by atoms with Crippen LogP contribution in [0.3, 0.4) is 0 Å². The molecule has 0 saturated heterocycles. The van der Waals surface area contributed by atoms with Gasteiger partial charge in [0.2, 0.25) is 0 Å². The van der Waals surface area contributed by atoms with Crippen molar-refractivity contribution in [2.75, 3.05) is 12.4 Å². The molecule has 0 saturated carbocycles. The van der Waals surface area contributed by atoms with Crippen molar-refractivity contribution >= 4 is 36.7 Å².